The van der Waals surface area contributed by atoms with Gasteiger partial charge in [0.15, 0.2) is 29.6 Å². The quantitative estimate of drug-likeness (QED) is 0.0744. The van der Waals surface area contributed by atoms with E-state index in [1.807, 2.05) is 24.3 Å². The second-order valence-corrected chi connectivity index (χ2v) is 18.4. The maximum Gasteiger partial charge on any atom is 0.419 e. The average Bonchev–Trinajstić information content (AvgIpc) is 4.05. The Morgan fingerprint density at radius 2 is 1.56 bits per heavy atom. The molecule has 0 bridgehead atoms. The Labute approximate surface area is 406 Å². The highest BCUT2D eigenvalue weighted by Gasteiger charge is 2.51. The summed E-state index contributed by atoms with van der Waals surface area (Å²) in [6.07, 6.45) is -1.82. The molecule has 2 aliphatic rings. The highest BCUT2D eigenvalue weighted by atomic mass is 32.1. The van der Waals surface area contributed by atoms with Crippen molar-refractivity contribution in [3.05, 3.63) is 114 Å². The van der Waals surface area contributed by atoms with Gasteiger partial charge >= 0.3 is 6.18 Å². The van der Waals surface area contributed by atoms with Crippen LogP contribution in [0.4, 0.5) is 24.5 Å². The predicted octanol–water partition coefficient (Wildman–Crippen LogP) is 6.19. The van der Waals surface area contributed by atoms with Gasteiger partial charge in [0.2, 0.25) is 11.8 Å². The number of carbonyl (C=O) groups is 4. The van der Waals surface area contributed by atoms with Gasteiger partial charge < -0.3 is 44.2 Å². The van der Waals surface area contributed by atoms with E-state index in [0.717, 1.165) is 22.2 Å². The van der Waals surface area contributed by atoms with Crippen LogP contribution in [0.2, 0.25) is 0 Å². The summed E-state index contributed by atoms with van der Waals surface area (Å²) in [6.45, 7) is 8.52. The van der Waals surface area contributed by atoms with Gasteiger partial charge in [-0.3, -0.25) is 24.1 Å². The van der Waals surface area contributed by atoms with Crippen LogP contribution >= 0.6 is 12.2 Å². The van der Waals surface area contributed by atoms with E-state index in [9.17, 15) is 37.5 Å². The van der Waals surface area contributed by atoms with Gasteiger partial charge in [0.1, 0.15) is 54.2 Å². The second kappa shape index (κ2) is 20.6. The van der Waals surface area contributed by atoms with Crippen LogP contribution in [0.5, 0.6) is 17.2 Å². The molecule has 3 atom stereocenters. The van der Waals surface area contributed by atoms with Crippen molar-refractivity contribution in [2.75, 3.05) is 36.2 Å². The molecule has 0 saturated carbocycles. The molecule has 5 aromatic rings. The number of amides is 4. The molecule has 7 rings (SSSR count). The highest BCUT2D eigenvalue weighted by molar-refractivity contribution is 7.81. The SMILES string of the molecule is CC(C)(C)[C@H](NC(=O)COc1ccc(OCCOc2ccc(N3C(=S)N(c4cnc(C#N)c(C(F)(F)F)c4)C(=O)C3(C)C)cc2)cc1)C(=O)N1C[C@H](O)C[C@H]1C(=O)NCc1ccc(-c2cnco2)cc1. The number of hydrogen-bond acceptors (Lipinski definition) is 13. The number of thiocarbonyl (C=S) groups is 1. The highest BCUT2D eigenvalue weighted by Crippen LogP contribution is 2.39. The van der Waals surface area contributed by atoms with Gasteiger partial charge in [-0.1, -0.05) is 45.0 Å². The van der Waals surface area contributed by atoms with Crippen molar-refractivity contribution >= 4 is 52.3 Å². The number of carbonyl (C=O) groups excluding carboxylic acids is 4. The van der Waals surface area contributed by atoms with Crippen LogP contribution in [0, 0.1) is 16.7 Å². The lowest BCUT2D eigenvalue weighted by Crippen LogP contribution is -2.58. The van der Waals surface area contributed by atoms with Crippen molar-refractivity contribution in [2.45, 2.75) is 77.5 Å². The van der Waals surface area contributed by atoms with E-state index in [-0.39, 0.29) is 43.5 Å². The van der Waals surface area contributed by atoms with Gasteiger partial charge in [0.25, 0.3) is 11.8 Å². The maximum absolute atomic E-state index is 14.0. The fraction of sp³-hybridized carbons (Fsp3) is 0.347. The van der Waals surface area contributed by atoms with Crippen LogP contribution in [0.3, 0.4) is 0 Å². The number of hydrogen-bond donors (Lipinski definition) is 3. The van der Waals surface area contributed by atoms with Gasteiger partial charge in [-0.2, -0.15) is 18.4 Å². The summed E-state index contributed by atoms with van der Waals surface area (Å²) in [5.74, 6) is -0.180. The molecule has 0 radical (unpaired) electrons. The third kappa shape index (κ3) is 11.3. The number of rotatable bonds is 16. The number of aromatic nitrogens is 2. The van der Waals surface area contributed by atoms with Crippen LogP contribution in [0.1, 0.15) is 57.9 Å². The first-order valence-corrected chi connectivity index (χ1v) is 22.3. The first-order valence-electron chi connectivity index (χ1n) is 21.9. The predicted molar refractivity (Wildman–Crippen MR) is 251 cm³/mol. The molecule has 70 heavy (non-hydrogen) atoms. The lowest BCUT2D eigenvalue weighted by atomic mass is 9.85. The molecule has 21 heteroatoms. The van der Waals surface area contributed by atoms with Crippen LogP contribution in [0.15, 0.2) is 102 Å². The Bertz CT molecular complexity index is 2760. The molecule has 0 aliphatic carbocycles. The number of β-amino-alcohol motifs (C(OH)–C–C–N with tert-alkyl or cyclic N) is 1. The number of alkyl halides is 3. The van der Waals surface area contributed by atoms with Gasteiger partial charge in [-0.15, -0.1) is 0 Å². The zero-order chi connectivity index (χ0) is 50.5. The number of aliphatic hydroxyl groups is 1. The van der Waals surface area contributed by atoms with Gasteiger partial charge in [-0.25, -0.2) is 9.97 Å². The minimum atomic E-state index is -4.88. The zero-order valence-corrected chi connectivity index (χ0v) is 39.5. The molecule has 3 N–H and O–H groups in total. The lowest BCUT2D eigenvalue weighted by Gasteiger charge is -2.35. The fourth-order valence-electron chi connectivity index (χ4n) is 7.90. The monoisotopic (exact) mass is 982 g/mol. The molecule has 2 aliphatic heterocycles. The first-order chi connectivity index (χ1) is 33.1. The largest absolute Gasteiger partial charge is 0.490 e. The van der Waals surface area contributed by atoms with Crippen molar-refractivity contribution in [2.24, 2.45) is 5.41 Å². The number of nitrogens with one attached hydrogen (secondary N) is 2. The van der Waals surface area contributed by atoms with E-state index < -0.39 is 76.8 Å². The number of nitriles is 1. The van der Waals surface area contributed by atoms with Crippen molar-refractivity contribution in [3.8, 4) is 34.6 Å². The maximum atomic E-state index is 14.0. The molecular formula is C49H49F3N8O9S. The lowest BCUT2D eigenvalue weighted by molar-refractivity contribution is -0.144. The normalized spacial score (nSPS) is 17.2. The Hall–Kier alpha value is -7.57. The van der Waals surface area contributed by atoms with E-state index in [1.165, 1.54) is 22.3 Å². The zero-order valence-electron chi connectivity index (χ0n) is 38.7. The van der Waals surface area contributed by atoms with Crippen molar-refractivity contribution in [1.82, 2.24) is 25.5 Å². The number of anilines is 2. The summed E-state index contributed by atoms with van der Waals surface area (Å²) in [5, 5.41) is 25.3. The molecule has 2 fully saturated rings. The van der Waals surface area contributed by atoms with Crippen molar-refractivity contribution < 1.29 is 56.1 Å². The number of benzene rings is 3. The summed E-state index contributed by atoms with van der Waals surface area (Å²) in [4.78, 5) is 65.5. The third-order valence-corrected chi connectivity index (χ3v) is 11.9. The molecule has 17 nitrogen and oxygen atoms in total. The van der Waals surface area contributed by atoms with Crippen LogP contribution in [-0.2, 0) is 31.9 Å². The standard InChI is InChI=1S/C49H49F3N8O9S/c1-47(2,3)42(44(64)58-26-33(61)21-39(58)43(63)56-23-29-6-8-30(9-7-29)40-25-54-28-69-40)57-41(62)27-68-36-16-14-35(15-17-36)67-19-18-66-34-12-10-31(11-13-34)60-46(70)59(45(65)48(60,4)5)32-20-37(49(50,51)52)38(22-53)55-24-32/h6-17,20,24-25,28,33,39,42,61H,18-19,21,23,26-27H2,1-5H3,(H,56,63)(H,57,62)/t33-,39+,42-/m1/s1. The van der Waals surface area contributed by atoms with Crippen LogP contribution in [-0.4, -0.2) is 98.8 Å². The summed E-state index contributed by atoms with van der Waals surface area (Å²) in [5.41, 5.74) is -2.26. The molecule has 366 valence electrons. The third-order valence-electron chi connectivity index (χ3n) is 11.5. The Morgan fingerprint density at radius 1 is 0.943 bits per heavy atom. The van der Waals surface area contributed by atoms with E-state index in [2.05, 4.69) is 20.6 Å². The summed E-state index contributed by atoms with van der Waals surface area (Å²) >= 11 is 5.59. The van der Waals surface area contributed by atoms with Crippen molar-refractivity contribution in [1.29, 1.82) is 5.26 Å². The first kappa shape index (κ1) is 50.3. The number of oxazole rings is 1. The fourth-order valence-corrected chi connectivity index (χ4v) is 8.43. The second-order valence-electron chi connectivity index (χ2n) is 18.0. The molecular weight excluding hydrogens is 934 g/mol. The van der Waals surface area contributed by atoms with E-state index in [0.29, 0.717) is 34.8 Å². The summed E-state index contributed by atoms with van der Waals surface area (Å²) < 4.78 is 63.7. The van der Waals surface area contributed by atoms with Gasteiger partial charge in [0, 0.05) is 30.8 Å². The average molecular weight is 983 g/mol. The molecule has 0 spiro atoms. The Kier molecular flexibility index (Phi) is 14.8. The molecule has 4 heterocycles. The Balaban J connectivity index is 0.863. The molecule has 3 aromatic carbocycles. The van der Waals surface area contributed by atoms with Gasteiger partial charge in [0.05, 0.1) is 29.7 Å². The van der Waals surface area contributed by atoms with Crippen LogP contribution < -0.4 is 34.6 Å². The Morgan fingerprint density at radius 3 is 2.13 bits per heavy atom. The number of likely N-dealkylation sites (tertiary alicyclic amines) is 1. The molecule has 2 saturated heterocycles. The van der Waals surface area contributed by atoms with Gasteiger partial charge in [-0.05, 0) is 91.6 Å². The van der Waals surface area contributed by atoms with E-state index >= 15 is 0 Å². The van der Waals surface area contributed by atoms with Crippen molar-refractivity contribution in [3.63, 3.8) is 0 Å². The minimum absolute atomic E-state index is 0.0441. The number of nitrogens with zero attached hydrogens (tertiary/aromatic N) is 6. The molecule has 0 unspecified atom stereocenters. The molecule has 4 amide bonds. The van der Waals surface area contributed by atoms with E-state index in [4.69, 9.17) is 36.1 Å². The summed E-state index contributed by atoms with van der Waals surface area (Å²) in [7, 11) is 0. The number of ether oxygens (including phenoxy) is 3. The number of halogens is 3. The minimum Gasteiger partial charge on any atom is -0.490 e. The molecule has 2 aromatic heterocycles. The number of pyridine rings is 1. The van der Waals surface area contributed by atoms with E-state index in [1.54, 1.807) is 89.3 Å². The smallest absolute Gasteiger partial charge is 0.419 e. The van der Waals surface area contributed by atoms with Crippen LogP contribution in [0.25, 0.3) is 11.3 Å². The number of aliphatic hydroxyl groups excluding tert-OH is 1. The summed E-state index contributed by atoms with van der Waals surface area (Å²) in [6, 6.07) is 20.6. The topological polar surface area (TPSA) is 213 Å².